The average Bonchev–Trinajstić information content (AvgIpc) is 3.31. The summed E-state index contributed by atoms with van der Waals surface area (Å²) in [6.07, 6.45) is 2.15. The predicted octanol–water partition coefficient (Wildman–Crippen LogP) is 4.47. The summed E-state index contributed by atoms with van der Waals surface area (Å²) in [6, 6.07) is 16.3. The zero-order valence-corrected chi connectivity index (χ0v) is 25.2. The van der Waals surface area contributed by atoms with Crippen LogP contribution in [0.1, 0.15) is 45.0 Å². The van der Waals surface area contributed by atoms with Gasteiger partial charge in [0.1, 0.15) is 17.1 Å². The second kappa shape index (κ2) is 13.4. The van der Waals surface area contributed by atoms with Crippen LogP contribution >= 0.6 is 0 Å². The molecule has 0 aliphatic carbocycles. The fourth-order valence-corrected chi connectivity index (χ4v) is 5.59. The van der Waals surface area contributed by atoms with Crippen LogP contribution in [-0.4, -0.2) is 71.0 Å². The Balaban J connectivity index is 1.24. The molecule has 10 nitrogen and oxygen atoms in total. The number of nitrogens with zero attached hydrogens (tertiary/aromatic N) is 4. The molecule has 1 aliphatic rings. The smallest absolute Gasteiger partial charge is 0.202 e. The third kappa shape index (κ3) is 6.85. The van der Waals surface area contributed by atoms with Crippen LogP contribution in [0, 0.1) is 0 Å². The molecule has 0 saturated carbocycles. The van der Waals surface area contributed by atoms with Gasteiger partial charge >= 0.3 is 0 Å². The van der Waals surface area contributed by atoms with Crippen molar-refractivity contribution in [3.63, 3.8) is 0 Å². The van der Waals surface area contributed by atoms with Crippen LogP contribution in [0.15, 0.2) is 48.5 Å². The Morgan fingerprint density at radius 1 is 1.05 bits per heavy atom. The van der Waals surface area contributed by atoms with E-state index in [2.05, 4.69) is 32.7 Å². The van der Waals surface area contributed by atoms with Gasteiger partial charge in [-0.25, -0.2) is 9.97 Å². The summed E-state index contributed by atoms with van der Waals surface area (Å²) in [5.41, 5.74) is 15.6. The van der Waals surface area contributed by atoms with Gasteiger partial charge in [0.15, 0.2) is 17.7 Å². The van der Waals surface area contributed by atoms with Crippen LogP contribution < -0.4 is 16.2 Å². The maximum atomic E-state index is 6.35. The molecule has 226 valence electrons. The molecule has 1 aliphatic heterocycles. The first-order valence-electron chi connectivity index (χ1n) is 14.8. The number of para-hydroxylation sites is 1. The molecule has 0 atom stereocenters. The van der Waals surface area contributed by atoms with Crippen LogP contribution in [0.3, 0.4) is 0 Å². The minimum atomic E-state index is -0.590. The van der Waals surface area contributed by atoms with E-state index in [4.69, 9.17) is 35.4 Å². The van der Waals surface area contributed by atoms with Crippen molar-refractivity contribution >= 4 is 27.8 Å². The van der Waals surface area contributed by atoms with Gasteiger partial charge in [-0.3, -0.25) is 4.90 Å². The molecule has 0 spiro atoms. The van der Waals surface area contributed by atoms with Gasteiger partial charge in [-0.05, 0) is 63.9 Å². The number of fused-ring (bicyclic) bond motifs is 3. The Labute approximate surface area is 247 Å². The number of rotatable bonds is 15. The summed E-state index contributed by atoms with van der Waals surface area (Å²) in [5.74, 6) is 2.24. The number of aromatic nitrogens is 3. The van der Waals surface area contributed by atoms with Crippen molar-refractivity contribution in [2.45, 2.75) is 71.3 Å². The number of hydrogen-bond acceptors (Lipinski definition) is 9. The van der Waals surface area contributed by atoms with Crippen LogP contribution in [0.2, 0.25) is 0 Å². The number of nitrogens with two attached hydrogens (primary N) is 2. The zero-order chi connectivity index (χ0) is 29.7. The quantitative estimate of drug-likeness (QED) is 0.197. The second-order valence-corrected chi connectivity index (χ2v) is 11.4. The molecule has 4 N–H and O–H groups in total. The molecule has 5 rings (SSSR count). The molecule has 1 fully saturated rings. The number of methoxy groups -OCH3 is 1. The number of imidazole rings is 1. The molecule has 1 saturated heterocycles. The fraction of sp³-hybridized carbons (Fsp3) is 0.500. The summed E-state index contributed by atoms with van der Waals surface area (Å²) in [6.45, 7) is 10.4. The zero-order valence-electron chi connectivity index (χ0n) is 25.2. The van der Waals surface area contributed by atoms with E-state index >= 15 is 0 Å². The van der Waals surface area contributed by atoms with Gasteiger partial charge < -0.3 is 35.0 Å². The van der Waals surface area contributed by atoms with Gasteiger partial charge in [0.2, 0.25) is 6.29 Å². The topological polar surface area (TPSA) is 123 Å². The molecular weight excluding hydrogens is 532 g/mol. The Kier molecular flexibility index (Phi) is 9.60. The van der Waals surface area contributed by atoms with Crippen molar-refractivity contribution in [1.82, 2.24) is 19.4 Å². The first-order chi connectivity index (χ1) is 20.3. The highest BCUT2D eigenvalue weighted by molar-refractivity contribution is 6.06. The predicted molar refractivity (Wildman–Crippen MR) is 165 cm³/mol. The van der Waals surface area contributed by atoms with E-state index in [1.54, 1.807) is 7.11 Å². The van der Waals surface area contributed by atoms with Crippen molar-refractivity contribution < 1.29 is 18.9 Å². The van der Waals surface area contributed by atoms with E-state index in [0.717, 1.165) is 72.5 Å². The Bertz CT molecular complexity index is 1480. The molecule has 42 heavy (non-hydrogen) atoms. The fourth-order valence-electron chi connectivity index (χ4n) is 5.59. The summed E-state index contributed by atoms with van der Waals surface area (Å²) >= 11 is 0. The normalized spacial score (nSPS) is 17.3. The number of hydrogen-bond donors (Lipinski definition) is 2. The van der Waals surface area contributed by atoms with Crippen molar-refractivity contribution in [2.75, 3.05) is 39.1 Å². The SMILES string of the molecule is COCCc1nc2c(N)nc3ccccc3c2n1CCCCN(CCN)Cc1cccc(OC(C)(C)C2OC(C)O2)c1. The molecule has 0 unspecified atom stereocenters. The first-order valence-corrected chi connectivity index (χ1v) is 14.8. The standard InChI is InChI=1S/C32H44N6O4/c1-22-40-31(41-22)32(2,3)42-24-11-9-10-23(20-24)21-37(18-15-33)16-7-8-17-38-27(14-19-39-4)36-28-29(38)25-12-5-6-13-26(25)35-30(28)34/h5-6,9-13,20,22,31H,7-8,14-19,21,33H2,1-4H3,(H2,34,35). The van der Waals surface area contributed by atoms with Crippen molar-refractivity contribution in [1.29, 1.82) is 0 Å². The Morgan fingerprint density at radius 3 is 2.62 bits per heavy atom. The van der Waals surface area contributed by atoms with Crippen molar-refractivity contribution in [3.8, 4) is 5.75 Å². The highest BCUT2D eigenvalue weighted by Gasteiger charge is 2.42. The number of ether oxygens (including phenoxy) is 4. The van der Waals surface area contributed by atoms with Gasteiger partial charge in [-0.2, -0.15) is 0 Å². The third-order valence-electron chi connectivity index (χ3n) is 7.65. The van der Waals surface area contributed by atoms with Gasteiger partial charge in [0.25, 0.3) is 0 Å². The lowest BCUT2D eigenvalue weighted by Crippen LogP contribution is -2.55. The maximum absolute atomic E-state index is 6.35. The van der Waals surface area contributed by atoms with Crippen molar-refractivity contribution in [2.24, 2.45) is 5.73 Å². The largest absolute Gasteiger partial charge is 0.483 e. The van der Waals surface area contributed by atoms with Crippen LogP contribution in [0.4, 0.5) is 5.82 Å². The summed E-state index contributed by atoms with van der Waals surface area (Å²) < 4.78 is 25.3. The van der Waals surface area contributed by atoms with Gasteiger partial charge in [-0.1, -0.05) is 30.3 Å². The van der Waals surface area contributed by atoms with Crippen LogP contribution in [0.5, 0.6) is 5.75 Å². The molecule has 0 radical (unpaired) electrons. The molecule has 0 amide bonds. The monoisotopic (exact) mass is 576 g/mol. The van der Waals surface area contributed by atoms with E-state index in [1.807, 2.05) is 51.1 Å². The van der Waals surface area contributed by atoms with E-state index < -0.39 is 5.60 Å². The highest BCUT2D eigenvalue weighted by atomic mass is 16.9. The molecule has 4 aromatic rings. The average molecular weight is 577 g/mol. The Hall–Kier alpha value is -3.28. The van der Waals surface area contributed by atoms with E-state index in [0.29, 0.717) is 25.4 Å². The Morgan fingerprint density at radius 2 is 1.86 bits per heavy atom. The lowest BCUT2D eigenvalue weighted by atomic mass is 10.1. The van der Waals surface area contributed by atoms with Crippen LogP contribution in [0.25, 0.3) is 21.9 Å². The number of anilines is 1. The molecule has 3 heterocycles. The summed E-state index contributed by atoms with van der Waals surface area (Å²) in [7, 11) is 1.71. The molecule has 0 bridgehead atoms. The number of aryl methyl sites for hydroxylation is 1. The number of pyridine rings is 1. The van der Waals surface area contributed by atoms with E-state index in [-0.39, 0.29) is 12.6 Å². The number of benzene rings is 2. The lowest BCUT2D eigenvalue weighted by Gasteiger charge is -2.43. The van der Waals surface area contributed by atoms with Crippen molar-refractivity contribution in [3.05, 3.63) is 59.9 Å². The first kappa shape index (κ1) is 30.2. The maximum Gasteiger partial charge on any atom is 0.202 e. The highest BCUT2D eigenvalue weighted by Crippen LogP contribution is 2.32. The van der Waals surface area contributed by atoms with E-state index in [9.17, 15) is 0 Å². The third-order valence-corrected chi connectivity index (χ3v) is 7.65. The number of unbranched alkanes of at least 4 members (excludes halogenated alkanes) is 1. The van der Waals surface area contributed by atoms with Crippen LogP contribution in [-0.2, 0) is 33.7 Å². The molecule has 10 heteroatoms. The van der Waals surface area contributed by atoms with E-state index in [1.165, 1.54) is 5.56 Å². The lowest BCUT2D eigenvalue weighted by molar-refractivity contribution is -0.410. The molecule has 2 aromatic carbocycles. The second-order valence-electron chi connectivity index (χ2n) is 11.4. The van der Waals surface area contributed by atoms with Gasteiger partial charge in [0.05, 0.1) is 17.6 Å². The molecular formula is C32H44N6O4. The molecule has 2 aromatic heterocycles. The summed E-state index contributed by atoms with van der Waals surface area (Å²) in [5, 5.41) is 1.07. The minimum Gasteiger partial charge on any atom is -0.483 e. The summed E-state index contributed by atoms with van der Waals surface area (Å²) in [4.78, 5) is 11.9. The van der Waals surface area contributed by atoms with Gasteiger partial charge in [0, 0.05) is 45.1 Å². The minimum absolute atomic E-state index is 0.187. The van der Waals surface area contributed by atoms with Gasteiger partial charge in [-0.15, -0.1) is 0 Å². The number of nitrogen functional groups attached to an aromatic ring is 1.